The first-order valence-electron chi connectivity index (χ1n) is 5.74. The Labute approximate surface area is 105 Å². The van der Waals surface area contributed by atoms with Crippen molar-refractivity contribution in [3.63, 3.8) is 0 Å². The largest absolute Gasteiger partial charge is 0.369 e. The van der Waals surface area contributed by atoms with Crippen LogP contribution >= 0.6 is 0 Å². The van der Waals surface area contributed by atoms with E-state index in [2.05, 4.69) is 25.5 Å². The molecule has 0 aromatic carbocycles. The first-order chi connectivity index (χ1) is 8.79. The van der Waals surface area contributed by atoms with E-state index in [9.17, 15) is 0 Å². The van der Waals surface area contributed by atoms with Crippen LogP contribution in [0, 0.1) is 18.3 Å². The number of nitrogens with zero attached hydrogens (tertiary/aromatic N) is 4. The molecule has 92 valence electrons. The van der Waals surface area contributed by atoms with Gasteiger partial charge in [-0.1, -0.05) is 0 Å². The number of rotatable bonds is 5. The smallest absolute Gasteiger partial charge is 0.158 e. The van der Waals surface area contributed by atoms with Crippen molar-refractivity contribution in [1.29, 1.82) is 5.26 Å². The lowest BCUT2D eigenvalue weighted by molar-refractivity contribution is 0.852. The number of aromatic nitrogens is 4. The highest BCUT2D eigenvalue weighted by molar-refractivity contribution is 5.32. The first-order valence-corrected chi connectivity index (χ1v) is 5.74. The third-order valence-electron chi connectivity index (χ3n) is 2.63. The molecule has 6 nitrogen and oxygen atoms in total. The standard InChI is InChI=1S/C12H14N6/c1-9-10(6-17-18-9)3-2-4-14-12-8-15-11(5-13)7-16-12/h6-8H,2-4H2,1H3,(H,14,16)(H,17,18). The van der Waals surface area contributed by atoms with Crippen LogP contribution in [0.5, 0.6) is 0 Å². The van der Waals surface area contributed by atoms with Gasteiger partial charge in [0.2, 0.25) is 0 Å². The van der Waals surface area contributed by atoms with Crippen molar-refractivity contribution in [2.75, 3.05) is 11.9 Å². The van der Waals surface area contributed by atoms with Crippen molar-refractivity contribution in [2.24, 2.45) is 0 Å². The lowest BCUT2D eigenvalue weighted by atomic mass is 10.1. The minimum atomic E-state index is 0.328. The summed E-state index contributed by atoms with van der Waals surface area (Å²) >= 11 is 0. The summed E-state index contributed by atoms with van der Waals surface area (Å²) in [4.78, 5) is 8.03. The fraction of sp³-hybridized carbons (Fsp3) is 0.333. The number of aromatic amines is 1. The van der Waals surface area contributed by atoms with Crippen LogP contribution in [0.25, 0.3) is 0 Å². The Kier molecular flexibility index (Phi) is 3.86. The molecule has 2 heterocycles. The average Bonchev–Trinajstić information content (AvgIpc) is 2.81. The Morgan fingerprint density at radius 3 is 2.83 bits per heavy atom. The monoisotopic (exact) mass is 242 g/mol. The fourth-order valence-electron chi connectivity index (χ4n) is 1.60. The molecule has 0 amide bonds. The van der Waals surface area contributed by atoms with E-state index < -0.39 is 0 Å². The molecule has 2 aromatic heterocycles. The summed E-state index contributed by atoms with van der Waals surface area (Å²) < 4.78 is 0. The van der Waals surface area contributed by atoms with Gasteiger partial charge in [-0.25, -0.2) is 9.97 Å². The van der Waals surface area contributed by atoms with E-state index in [0.717, 1.165) is 25.1 Å². The highest BCUT2D eigenvalue weighted by Gasteiger charge is 2.00. The third-order valence-corrected chi connectivity index (χ3v) is 2.63. The summed E-state index contributed by atoms with van der Waals surface area (Å²) in [6, 6.07) is 1.93. The van der Waals surface area contributed by atoms with Crippen molar-refractivity contribution < 1.29 is 0 Å². The number of anilines is 1. The molecule has 0 bridgehead atoms. The van der Waals surface area contributed by atoms with E-state index in [1.54, 1.807) is 6.20 Å². The summed E-state index contributed by atoms with van der Waals surface area (Å²) in [6.07, 6.45) is 6.85. The second-order valence-corrected chi connectivity index (χ2v) is 3.95. The molecule has 0 aliphatic rings. The van der Waals surface area contributed by atoms with Crippen LogP contribution in [0.15, 0.2) is 18.6 Å². The van der Waals surface area contributed by atoms with Gasteiger partial charge in [0.1, 0.15) is 11.9 Å². The minimum Gasteiger partial charge on any atom is -0.369 e. The lowest BCUT2D eigenvalue weighted by Gasteiger charge is -2.04. The van der Waals surface area contributed by atoms with E-state index in [-0.39, 0.29) is 0 Å². The molecule has 0 fully saturated rings. The molecule has 6 heteroatoms. The van der Waals surface area contributed by atoms with E-state index in [4.69, 9.17) is 5.26 Å². The van der Waals surface area contributed by atoms with Gasteiger partial charge >= 0.3 is 0 Å². The number of hydrogen-bond donors (Lipinski definition) is 2. The number of H-pyrrole nitrogens is 1. The topological polar surface area (TPSA) is 90.3 Å². The Bertz CT molecular complexity index is 536. The van der Waals surface area contributed by atoms with Crippen LogP contribution in [-0.2, 0) is 6.42 Å². The van der Waals surface area contributed by atoms with Gasteiger partial charge in [-0.15, -0.1) is 0 Å². The first kappa shape index (κ1) is 12.0. The predicted octanol–water partition coefficient (Wildman–Crippen LogP) is 1.42. The van der Waals surface area contributed by atoms with Crippen molar-refractivity contribution >= 4 is 5.82 Å². The van der Waals surface area contributed by atoms with Crippen LogP contribution in [0.1, 0.15) is 23.4 Å². The van der Waals surface area contributed by atoms with Crippen molar-refractivity contribution in [1.82, 2.24) is 20.2 Å². The number of nitrogens with one attached hydrogen (secondary N) is 2. The average molecular weight is 242 g/mol. The van der Waals surface area contributed by atoms with Gasteiger partial charge in [-0.3, -0.25) is 5.10 Å². The molecule has 0 unspecified atom stereocenters. The van der Waals surface area contributed by atoms with Crippen LogP contribution in [0.3, 0.4) is 0 Å². The highest BCUT2D eigenvalue weighted by atomic mass is 15.1. The molecule has 2 N–H and O–H groups in total. The summed E-state index contributed by atoms with van der Waals surface area (Å²) in [7, 11) is 0. The molecule has 0 spiro atoms. The quantitative estimate of drug-likeness (QED) is 0.774. The van der Waals surface area contributed by atoms with Gasteiger partial charge < -0.3 is 5.32 Å². The third kappa shape index (κ3) is 3.04. The number of nitriles is 1. The van der Waals surface area contributed by atoms with Crippen LogP contribution in [0.2, 0.25) is 0 Å². The molecule has 0 saturated heterocycles. The van der Waals surface area contributed by atoms with Gasteiger partial charge in [0, 0.05) is 12.2 Å². The maximum atomic E-state index is 8.59. The Morgan fingerprint density at radius 2 is 2.22 bits per heavy atom. The number of hydrogen-bond acceptors (Lipinski definition) is 5. The highest BCUT2D eigenvalue weighted by Crippen LogP contribution is 2.06. The maximum absolute atomic E-state index is 8.59. The predicted molar refractivity (Wildman–Crippen MR) is 66.9 cm³/mol. The molecule has 0 saturated carbocycles. The summed E-state index contributed by atoms with van der Waals surface area (Å²) in [5.41, 5.74) is 2.69. The van der Waals surface area contributed by atoms with Gasteiger partial charge in [0.25, 0.3) is 0 Å². The van der Waals surface area contributed by atoms with Gasteiger partial charge in [-0.2, -0.15) is 10.4 Å². The second kappa shape index (κ2) is 5.77. The molecule has 0 aliphatic heterocycles. The molecule has 2 rings (SSSR count). The fourth-order valence-corrected chi connectivity index (χ4v) is 1.60. The van der Waals surface area contributed by atoms with Gasteiger partial charge in [-0.05, 0) is 25.3 Å². The van der Waals surface area contributed by atoms with E-state index in [1.807, 2.05) is 19.2 Å². The molecule has 0 radical (unpaired) electrons. The zero-order chi connectivity index (χ0) is 12.8. The minimum absolute atomic E-state index is 0.328. The van der Waals surface area contributed by atoms with Crippen molar-refractivity contribution in [2.45, 2.75) is 19.8 Å². The Hall–Kier alpha value is -2.42. The van der Waals surface area contributed by atoms with E-state index >= 15 is 0 Å². The van der Waals surface area contributed by atoms with Crippen molar-refractivity contribution in [3.8, 4) is 6.07 Å². The lowest BCUT2D eigenvalue weighted by Crippen LogP contribution is -2.05. The maximum Gasteiger partial charge on any atom is 0.158 e. The Morgan fingerprint density at radius 1 is 1.33 bits per heavy atom. The molecule has 18 heavy (non-hydrogen) atoms. The molecular formula is C12H14N6. The summed E-state index contributed by atoms with van der Waals surface area (Å²) in [5, 5.41) is 18.7. The van der Waals surface area contributed by atoms with E-state index in [0.29, 0.717) is 11.5 Å². The van der Waals surface area contributed by atoms with Crippen LogP contribution in [0.4, 0.5) is 5.82 Å². The van der Waals surface area contributed by atoms with Gasteiger partial charge in [0.05, 0.1) is 18.6 Å². The summed E-state index contributed by atoms with van der Waals surface area (Å²) in [5.74, 6) is 0.693. The number of aryl methyl sites for hydroxylation is 2. The van der Waals surface area contributed by atoms with Crippen LogP contribution < -0.4 is 5.32 Å². The molecular weight excluding hydrogens is 228 g/mol. The zero-order valence-electron chi connectivity index (χ0n) is 10.1. The van der Waals surface area contributed by atoms with E-state index in [1.165, 1.54) is 11.8 Å². The SMILES string of the molecule is Cc1[nH]ncc1CCCNc1cnc(C#N)cn1. The molecule has 0 aliphatic carbocycles. The van der Waals surface area contributed by atoms with Crippen molar-refractivity contribution in [3.05, 3.63) is 35.5 Å². The zero-order valence-corrected chi connectivity index (χ0v) is 10.1. The Balaban J connectivity index is 1.75. The molecule has 2 aromatic rings. The normalized spacial score (nSPS) is 10.0. The van der Waals surface area contributed by atoms with Crippen LogP contribution in [-0.4, -0.2) is 26.7 Å². The summed E-state index contributed by atoms with van der Waals surface area (Å²) in [6.45, 7) is 2.83. The second-order valence-electron chi connectivity index (χ2n) is 3.95. The van der Waals surface area contributed by atoms with Gasteiger partial charge in [0.15, 0.2) is 5.69 Å². The molecule has 0 atom stereocenters.